The molecule has 3 rings (SSSR count). The summed E-state index contributed by atoms with van der Waals surface area (Å²) < 4.78 is 7.45. The van der Waals surface area contributed by atoms with Crippen LogP contribution >= 0.6 is 0 Å². The van der Waals surface area contributed by atoms with Gasteiger partial charge < -0.3 is 19.6 Å². The number of nitrogens with zero attached hydrogens (tertiary/aromatic N) is 2. The molecular formula is C17H21N3O3. The molecule has 1 fully saturated rings. The molecule has 6 heteroatoms. The van der Waals surface area contributed by atoms with Gasteiger partial charge in [-0.1, -0.05) is 0 Å². The van der Waals surface area contributed by atoms with Crippen molar-refractivity contribution in [1.29, 1.82) is 0 Å². The molecule has 2 aromatic rings. The van der Waals surface area contributed by atoms with Gasteiger partial charge in [-0.3, -0.25) is 9.59 Å². The van der Waals surface area contributed by atoms with E-state index in [1.165, 1.54) is 0 Å². The number of rotatable bonds is 4. The maximum Gasteiger partial charge on any atom is 0.255 e. The molecule has 0 radical (unpaired) electrons. The van der Waals surface area contributed by atoms with Gasteiger partial charge in [0, 0.05) is 24.5 Å². The average Bonchev–Trinajstić information content (AvgIpc) is 3.23. The molecular weight excluding hydrogens is 294 g/mol. The van der Waals surface area contributed by atoms with Crippen LogP contribution in [0.25, 0.3) is 0 Å². The van der Waals surface area contributed by atoms with E-state index in [9.17, 15) is 9.59 Å². The van der Waals surface area contributed by atoms with E-state index >= 15 is 0 Å². The Bertz CT molecular complexity index is 731. The number of hydrogen-bond acceptors (Lipinski definition) is 3. The minimum Gasteiger partial charge on any atom is -0.467 e. The standard InChI is InChI=1S/C17H21N3O3/c1-11-8-15(12(2)20(11)10-14-4-3-7-23-14)17(22)19-6-5-13(9-19)16(18)21/h3-4,7-8,13H,5-6,9-10H2,1-2H3,(H2,18,21). The fourth-order valence-electron chi connectivity index (χ4n) is 3.17. The van der Waals surface area contributed by atoms with Crippen molar-refractivity contribution in [2.75, 3.05) is 13.1 Å². The molecule has 0 spiro atoms. The third kappa shape index (κ3) is 2.88. The Balaban J connectivity index is 1.81. The number of hydrogen-bond donors (Lipinski definition) is 1. The van der Waals surface area contributed by atoms with E-state index in [-0.39, 0.29) is 17.7 Å². The van der Waals surface area contributed by atoms with Crippen LogP contribution in [0.4, 0.5) is 0 Å². The van der Waals surface area contributed by atoms with Crippen LogP contribution in [-0.4, -0.2) is 34.4 Å². The zero-order valence-corrected chi connectivity index (χ0v) is 13.4. The lowest BCUT2D eigenvalue weighted by atomic mass is 10.1. The van der Waals surface area contributed by atoms with E-state index < -0.39 is 0 Å². The highest BCUT2D eigenvalue weighted by molar-refractivity contribution is 5.96. The summed E-state index contributed by atoms with van der Waals surface area (Å²) in [5.41, 5.74) is 7.94. The number of nitrogens with two attached hydrogens (primary N) is 1. The molecule has 1 saturated heterocycles. The SMILES string of the molecule is Cc1cc(C(=O)N2CCC(C(N)=O)C2)c(C)n1Cc1ccco1. The van der Waals surface area contributed by atoms with Crippen molar-refractivity contribution >= 4 is 11.8 Å². The van der Waals surface area contributed by atoms with E-state index in [0.717, 1.165) is 17.1 Å². The summed E-state index contributed by atoms with van der Waals surface area (Å²) in [6, 6.07) is 5.67. The Labute approximate surface area is 134 Å². The molecule has 0 aromatic carbocycles. The lowest BCUT2D eigenvalue weighted by molar-refractivity contribution is -0.121. The minimum absolute atomic E-state index is 0.0347. The summed E-state index contributed by atoms with van der Waals surface area (Å²) >= 11 is 0. The number of likely N-dealkylation sites (tertiary alicyclic amines) is 1. The quantitative estimate of drug-likeness (QED) is 0.932. The van der Waals surface area contributed by atoms with Gasteiger partial charge in [-0.2, -0.15) is 0 Å². The number of furan rings is 1. The second kappa shape index (κ2) is 5.95. The van der Waals surface area contributed by atoms with Crippen molar-refractivity contribution in [3.63, 3.8) is 0 Å². The highest BCUT2D eigenvalue weighted by atomic mass is 16.3. The minimum atomic E-state index is -0.330. The number of primary amides is 1. The van der Waals surface area contributed by atoms with Gasteiger partial charge in [-0.25, -0.2) is 0 Å². The van der Waals surface area contributed by atoms with Crippen LogP contribution in [0.1, 0.15) is 33.9 Å². The van der Waals surface area contributed by atoms with Gasteiger partial charge in [0.15, 0.2) is 0 Å². The summed E-state index contributed by atoms with van der Waals surface area (Å²) in [5, 5.41) is 0. The van der Waals surface area contributed by atoms with Crippen molar-refractivity contribution in [3.8, 4) is 0 Å². The predicted octanol–water partition coefficient (Wildman–Crippen LogP) is 1.69. The summed E-state index contributed by atoms with van der Waals surface area (Å²) in [6.45, 7) is 5.50. The van der Waals surface area contributed by atoms with Crippen LogP contribution in [0.15, 0.2) is 28.9 Å². The van der Waals surface area contributed by atoms with Gasteiger partial charge in [0.2, 0.25) is 5.91 Å². The Morgan fingerprint density at radius 1 is 1.39 bits per heavy atom. The molecule has 2 amide bonds. The molecule has 2 aromatic heterocycles. The maximum atomic E-state index is 12.7. The molecule has 3 heterocycles. The third-order valence-electron chi connectivity index (χ3n) is 4.58. The fraction of sp³-hybridized carbons (Fsp3) is 0.412. The van der Waals surface area contributed by atoms with Crippen molar-refractivity contribution in [2.24, 2.45) is 11.7 Å². The maximum absolute atomic E-state index is 12.7. The highest BCUT2D eigenvalue weighted by Crippen LogP contribution is 2.23. The Morgan fingerprint density at radius 3 is 2.78 bits per heavy atom. The van der Waals surface area contributed by atoms with Crippen molar-refractivity contribution in [3.05, 3.63) is 47.2 Å². The van der Waals surface area contributed by atoms with E-state index in [4.69, 9.17) is 10.2 Å². The van der Waals surface area contributed by atoms with Crippen molar-refractivity contribution in [1.82, 2.24) is 9.47 Å². The van der Waals surface area contributed by atoms with E-state index in [0.29, 0.717) is 31.6 Å². The van der Waals surface area contributed by atoms with Crippen molar-refractivity contribution < 1.29 is 14.0 Å². The largest absolute Gasteiger partial charge is 0.467 e. The van der Waals surface area contributed by atoms with E-state index in [2.05, 4.69) is 4.57 Å². The van der Waals surface area contributed by atoms with Crippen LogP contribution in [0.5, 0.6) is 0 Å². The molecule has 1 aliphatic heterocycles. The molecule has 0 saturated carbocycles. The molecule has 122 valence electrons. The van der Waals surface area contributed by atoms with Gasteiger partial charge in [-0.05, 0) is 38.5 Å². The van der Waals surface area contributed by atoms with Crippen LogP contribution < -0.4 is 5.73 Å². The summed E-state index contributed by atoms with van der Waals surface area (Å²) in [5.74, 6) is 0.252. The van der Waals surface area contributed by atoms with Gasteiger partial charge >= 0.3 is 0 Å². The Kier molecular flexibility index (Phi) is 3.98. The Morgan fingerprint density at radius 2 is 2.17 bits per heavy atom. The average molecular weight is 315 g/mol. The number of aromatic nitrogens is 1. The predicted molar refractivity (Wildman–Crippen MR) is 84.9 cm³/mol. The molecule has 6 nitrogen and oxygen atoms in total. The van der Waals surface area contributed by atoms with Gasteiger partial charge in [0.1, 0.15) is 5.76 Å². The van der Waals surface area contributed by atoms with Gasteiger partial charge in [-0.15, -0.1) is 0 Å². The van der Waals surface area contributed by atoms with Crippen LogP contribution in [0, 0.1) is 19.8 Å². The summed E-state index contributed by atoms with van der Waals surface area (Å²) in [4.78, 5) is 25.7. The zero-order chi connectivity index (χ0) is 16.6. The van der Waals surface area contributed by atoms with Crippen LogP contribution in [0.2, 0.25) is 0 Å². The second-order valence-corrected chi connectivity index (χ2v) is 6.09. The van der Waals surface area contributed by atoms with E-state index in [1.54, 1.807) is 11.2 Å². The first kappa shape index (κ1) is 15.4. The van der Waals surface area contributed by atoms with Gasteiger partial charge in [0.25, 0.3) is 5.91 Å². The molecule has 0 bridgehead atoms. The lowest BCUT2D eigenvalue weighted by Gasteiger charge is -2.16. The molecule has 0 aliphatic carbocycles. The number of aryl methyl sites for hydroxylation is 1. The molecule has 23 heavy (non-hydrogen) atoms. The zero-order valence-electron chi connectivity index (χ0n) is 13.4. The number of carbonyl (C=O) groups is 2. The first-order chi connectivity index (χ1) is 11.0. The number of amides is 2. The molecule has 1 atom stereocenters. The van der Waals surface area contributed by atoms with Crippen molar-refractivity contribution in [2.45, 2.75) is 26.8 Å². The highest BCUT2D eigenvalue weighted by Gasteiger charge is 2.31. The lowest BCUT2D eigenvalue weighted by Crippen LogP contribution is -2.32. The topological polar surface area (TPSA) is 81.5 Å². The summed E-state index contributed by atoms with van der Waals surface area (Å²) in [6.07, 6.45) is 2.29. The van der Waals surface area contributed by atoms with Crippen LogP contribution in [-0.2, 0) is 11.3 Å². The van der Waals surface area contributed by atoms with E-state index in [1.807, 2.05) is 32.0 Å². The third-order valence-corrected chi connectivity index (χ3v) is 4.58. The van der Waals surface area contributed by atoms with Crippen LogP contribution in [0.3, 0.4) is 0 Å². The Hall–Kier alpha value is -2.50. The summed E-state index contributed by atoms with van der Waals surface area (Å²) in [7, 11) is 0. The first-order valence-corrected chi connectivity index (χ1v) is 7.75. The van der Waals surface area contributed by atoms with Gasteiger partial charge in [0.05, 0.1) is 24.3 Å². The first-order valence-electron chi connectivity index (χ1n) is 7.75. The smallest absolute Gasteiger partial charge is 0.255 e. The molecule has 1 aliphatic rings. The monoisotopic (exact) mass is 315 g/mol. The molecule has 2 N–H and O–H groups in total. The fourth-order valence-corrected chi connectivity index (χ4v) is 3.17. The number of carbonyl (C=O) groups excluding carboxylic acids is 2. The normalized spacial score (nSPS) is 17.7. The molecule has 1 unspecified atom stereocenters. The second-order valence-electron chi connectivity index (χ2n) is 6.09.